The molecule has 2 rings (SSSR count). The Bertz CT molecular complexity index is 790. The summed E-state index contributed by atoms with van der Waals surface area (Å²) in [6.07, 6.45) is 0. The van der Waals surface area contributed by atoms with E-state index in [2.05, 4.69) is 4.72 Å². The Morgan fingerprint density at radius 2 is 1.65 bits per heavy atom. The highest BCUT2D eigenvalue weighted by atomic mass is 32.2. The predicted molar refractivity (Wildman–Crippen MR) is 72.2 cm³/mol. The largest absolute Gasteiger partial charge is 0.280 e. The van der Waals surface area contributed by atoms with Gasteiger partial charge in [-0.15, -0.1) is 0 Å². The fourth-order valence-electron chi connectivity index (χ4n) is 1.51. The molecule has 106 valence electrons. The number of hydrogen-bond donors (Lipinski definition) is 2. The van der Waals surface area contributed by atoms with E-state index in [4.69, 9.17) is 0 Å². The van der Waals surface area contributed by atoms with Gasteiger partial charge in [-0.1, -0.05) is 6.07 Å². The van der Waals surface area contributed by atoms with Gasteiger partial charge in [0, 0.05) is 0 Å². The van der Waals surface area contributed by atoms with Crippen molar-refractivity contribution in [1.82, 2.24) is 0 Å². The standard InChI is InChI=1S/C12H10FNO4S2/c13-9-2-1-3-10(8-9)14-20(17,18)12-6-4-11(5-7-12)19(15)16/h1-8,14,19H. The van der Waals surface area contributed by atoms with E-state index >= 15 is 0 Å². The molecule has 2 aromatic rings. The van der Waals surface area contributed by atoms with E-state index in [1.165, 1.54) is 42.5 Å². The van der Waals surface area contributed by atoms with Crippen molar-refractivity contribution in [1.29, 1.82) is 0 Å². The quantitative estimate of drug-likeness (QED) is 0.840. The van der Waals surface area contributed by atoms with Crippen LogP contribution in [0.4, 0.5) is 10.1 Å². The zero-order valence-corrected chi connectivity index (χ0v) is 11.7. The molecule has 0 aliphatic rings. The van der Waals surface area contributed by atoms with E-state index in [1.807, 2.05) is 0 Å². The maximum absolute atomic E-state index is 13.0. The van der Waals surface area contributed by atoms with Crippen molar-refractivity contribution in [2.45, 2.75) is 9.79 Å². The number of anilines is 1. The average molecular weight is 315 g/mol. The molecule has 0 saturated heterocycles. The van der Waals surface area contributed by atoms with Crippen LogP contribution < -0.4 is 4.72 Å². The number of halogens is 1. The van der Waals surface area contributed by atoms with Crippen LogP contribution in [0.15, 0.2) is 58.3 Å². The summed E-state index contributed by atoms with van der Waals surface area (Å²) in [5, 5.41) is 0. The van der Waals surface area contributed by atoms with Gasteiger partial charge in [0.05, 0.1) is 15.5 Å². The fraction of sp³-hybridized carbons (Fsp3) is 0. The first-order valence-corrected chi connectivity index (χ1v) is 8.07. The number of sulfonamides is 1. The third-order valence-corrected chi connectivity index (χ3v) is 4.55. The lowest BCUT2D eigenvalue weighted by atomic mass is 10.3. The topological polar surface area (TPSA) is 80.3 Å². The lowest BCUT2D eigenvalue weighted by Gasteiger charge is -2.08. The lowest BCUT2D eigenvalue weighted by Crippen LogP contribution is -2.13. The molecule has 0 aliphatic carbocycles. The highest BCUT2D eigenvalue weighted by Gasteiger charge is 2.14. The fourth-order valence-corrected chi connectivity index (χ4v) is 2.96. The molecular weight excluding hydrogens is 305 g/mol. The Balaban J connectivity index is 2.30. The minimum absolute atomic E-state index is 0.0182. The molecule has 0 fully saturated rings. The lowest BCUT2D eigenvalue weighted by molar-refractivity contribution is 0.600. The number of thiol groups is 1. The maximum atomic E-state index is 13.0. The van der Waals surface area contributed by atoms with E-state index in [-0.39, 0.29) is 15.5 Å². The van der Waals surface area contributed by atoms with Crippen molar-refractivity contribution in [3.05, 3.63) is 54.3 Å². The van der Waals surface area contributed by atoms with Crippen molar-refractivity contribution in [3.8, 4) is 0 Å². The second-order valence-electron chi connectivity index (χ2n) is 3.87. The summed E-state index contributed by atoms with van der Waals surface area (Å²) in [6, 6.07) is 9.72. The van der Waals surface area contributed by atoms with Crippen LogP contribution in [0.2, 0.25) is 0 Å². The van der Waals surface area contributed by atoms with Crippen LogP contribution in [0.3, 0.4) is 0 Å². The van der Waals surface area contributed by atoms with Gasteiger partial charge < -0.3 is 0 Å². The Morgan fingerprint density at radius 3 is 2.20 bits per heavy atom. The van der Waals surface area contributed by atoms with E-state index < -0.39 is 26.5 Å². The number of benzene rings is 2. The summed E-state index contributed by atoms with van der Waals surface area (Å²) >= 11 is 0. The average Bonchev–Trinajstić information content (AvgIpc) is 2.38. The van der Waals surface area contributed by atoms with Crippen molar-refractivity contribution in [2.24, 2.45) is 0 Å². The summed E-state index contributed by atoms with van der Waals surface area (Å²) in [4.78, 5) is -0.0907. The molecule has 0 radical (unpaired) electrons. The van der Waals surface area contributed by atoms with Crippen molar-refractivity contribution in [2.75, 3.05) is 4.72 Å². The normalized spacial score (nSPS) is 11.5. The van der Waals surface area contributed by atoms with Gasteiger partial charge in [-0.25, -0.2) is 21.2 Å². The van der Waals surface area contributed by atoms with E-state index in [0.29, 0.717) is 0 Å². The number of rotatable bonds is 4. The Hall–Kier alpha value is -1.93. The zero-order valence-electron chi connectivity index (χ0n) is 9.99. The molecular formula is C12H10FNO4S2. The summed E-state index contributed by atoms with van der Waals surface area (Å²) < 4.78 is 60.7. The van der Waals surface area contributed by atoms with Crippen LogP contribution in [0.5, 0.6) is 0 Å². The van der Waals surface area contributed by atoms with Gasteiger partial charge in [-0.05, 0) is 42.5 Å². The first-order chi connectivity index (χ1) is 9.38. The highest BCUT2D eigenvalue weighted by Crippen LogP contribution is 2.17. The van der Waals surface area contributed by atoms with Gasteiger partial charge in [0.1, 0.15) is 5.82 Å². The predicted octanol–water partition coefficient (Wildman–Crippen LogP) is 1.60. The van der Waals surface area contributed by atoms with E-state index in [1.54, 1.807) is 0 Å². The van der Waals surface area contributed by atoms with Crippen LogP contribution in [0, 0.1) is 5.82 Å². The van der Waals surface area contributed by atoms with Crippen LogP contribution in [0.25, 0.3) is 0 Å². The molecule has 20 heavy (non-hydrogen) atoms. The molecule has 2 aromatic carbocycles. The first-order valence-electron chi connectivity index (χ1n) is 5.41. The van der Waals surface area contributed by atoms with Crippen LogP contribution >= 0.6 is 0 Å². The molecule has 0 aromatic heterocycles. The minimum Gasteiger partial charge on any atom is -0.280 e. The molecule has 0 bridgehead atoms. The number of nitrogens with one attached hydrogen (secondary N) is 1. The minimum atomic E-state index is -3.89. The van der Waals surface area contributed by atoms with E-state index in [0.717, 1.165) is 6.07 Å². The molecule has 5 nitrogen and oxygen atoms in total. The number of hydrogen-bond acceptors (Lipinski definition) is 4. The zero-order chi connectivity index (χ0) is 14.8. The molecule has 0 atom stereocenters. The summed E-state index contributed by atoms with van der Waals surface area (Å²) in [7, 11) is -6.65. The van der Waals surface area contributed by atoms with Crippen LogP contribution in [-0.4, -0.2) is 16.8 Å². The van der Waals surface area contributed by atoms with Crippen molar-refractivity contribution in [3.63, 3.8) is 0 Å². The molecule has 0 saturated carbocycles. The molecule has 0 amide bonds. The van der Waals surface area contributed by atoms with Gasteiger partial charge in [0.2, 0.25) is 0 Å². The molecule has 0 aliphatic heterocycles. The summed E-state index contributed by atoms with van der Waals surface area (Å²) in [6.45, 7) is 0. The first kappa shape index (κ1) is 14.5. The smallest absolute Gasteiger partial charge is 0.261 e. The molecule has 1 N–H and O–H groups in total. The maximum Gasteiger partial charge on any atom is 0.261 e. The summed E-state index contributed by atoms with van der Waals surface area (Å²) in [5.74, 6) is -0.566. The van der Waals surface area contributed by atoms with Gasteiger partial charge >= 0.3 is 0 Å². The van der Waals surface area contributed by atoms with Crippen LogP contribution in [0.1, 0.15) is 0 Å². The SMILES string of the molecule is O=[SH](=O)c1ccc(S(=O)(=O)Nc2cccc(F)c2)cc1. The van der Waals surface area contributed by atoms with Gasteiger partial charge in [0.25, 0.3) is 10.0 Å². The monoisotopic (exact) mass is 315 g/mol. The van der Waals surface area contributed by atoms with Gasteiger partial charge in [0.15, 0.2) is 10.7 Å². The van der Waals surface area contributed by atoms with Gasteiger partial charge in [-0.3, -0.25) is 4.72 Å². The Morgan fingerprint density at radius 1 is 1.00 bits per heavy atom. The highest BCUT2D eigenvalue weighted by molar-refractivity contribution is 7.92. The third kappa shape index (κ3) is 3.34. The molecule has 0 heterocycles. The Kier molecular flexibility index (Phi) is 4.05. The molecule has 0 spiro atoms. The third-order valence-electron chi connectivity index (χ3n) is 2.43. The Labute approximate surface area is 117 Å². The molecule has 8 heteroatoms. The van der Waals surface area contributed by atoms with E-state index in [9.17, 15) is 21.2 Å². The van der Waals surface area contributed by atoms with Gasteiger partial charge in [-0.2, -0.15) is 0 Å². The van der Waals surface area contributed by atoms with Crippen LogP contribution in [-0.2, 0) is 20.7 Å². The second kappa shape index (κ2) is 5.59. The second-order valence-corrected chi connectivity index (χ2v) is 6.58. The molecule has 0 unspecified atom stereocenters. The van der Waals surface area contributed by atoms with Crippen molar-refractivity contribution >= 4 is 26.4 Å². The van der Waals surface area contributed by atoms with Crippen molar-refractivity contribution < 1.29 is 21.2 Å². The summed E-state index contributed by atoms with van der Waals surface area (Å²) in [5.41, 5.74) is 0.0870.